The lowest BCUT2D eigenvalue weighted by Gasteiger charge is -2.57. The molecule has 104 valence electrons. The van der Waals surface area contributed by atoms with Crippen LogP contribution in [0.15, 0.2) is 0 Å². The van der Waals surface area contributed by atoms with E-state index >= 15 is 0 Å². The minimum Gasteiger partial charge on any atom is -0.299 e. The van der Waals surface area contributed by atoms with Crippen molar-refractivity contribution in [1.82, 2.24) is 4.90 Å². The Balaban J connectivity index is 1.46. The Morgan fingerprint density at radius 2 is 1.50 bits per heavy atom. The number of likely N-dealkylation sites (tertiary alicyclic amines) is 1. The highest BCUT2D eigenvalue weighted by Gasteiger charge is 2.47. The Morgan fingerprint density at radius 3 is 2.06 bits per heavy atom. The fourth-order valence-electron chi connectivity index (χ4n) is 4.76. The van der Waals surface area contributed by atoms with Gasteiger partial charge in [-0.2, -0.15) is 0 Å². The zero-order valence-corrected chi connectivity index (χ0v) is 12.5. The summed E-state index contributed by atoms with van der Waals surface area (Å²) >= 11 is 0. The number of nitrogens with zero attached hydrogens (tertiary/aromatic N) is 1. The molecule has 0 amide bonds. The van der Waals surface area contributed by atoms with Crippen LogP contribution in [0, 0.1) is 17.3 Å². The molecule has 0 unspecified atom stereocenters. The van der Waals surface area contributed by atoms with Crippen LogP contribution in [0.3, 0.4) is 0 Å². The van der Waals surface area contributed by atoms with E-state index in [2.05, 4.69) is 18.7 Å². The van der Waals surface area contributed by atoms with Crippen molar-refractivity contribution < 1.29 is 0 Å². The van der Waals surface area contributed by atoms with Crippen LogP contribution in [0.4, 0.5) is 0 Å². The SMILES string of the molecule is CC(C)C1CCC2(CC1)CN(C1CCCCC1)C2. The molecular formula is C17H31N. The molecule has 0 atom stereocenters. The summed E-state index contributed by atoms with van der Waals surface area (Å²) in [7, 11) is 0. The monoisotopic (exact) mass is 249 g/mol. The minimum absolute atomic E-state index is 0.767. The fourth-order valence-corrected chi connectivity index (χ4v) is 4.76. The van der Waals surface area contributed by atoms with Crippen molar-refractivity contribution in [3.05, 3.63) is 0 Å². The summed E-state index contributed by atoms with van der Waals surface area (Å²) < 4.78 is 0. The van der Waals surface area contributed by atoms with E-state index in [1.807, 2.05) is 0 Å². The lowest BCUT2D eigenvalue weighted by Crippen LogP contribution is -2.61. The van der Waals surface area contributed by atoms with Crippen LogP contribution in [-0.4, -0.2) is 24.0 Å². The average Bonchev–Trinajstić information content (AvgIpc) is 2.37. The first kappa shape index (κ1) is 13.0. The van der Waals surface area contributed by atoms with Gasteiger partial charge >= 0.3 is 0 Å². The van der Waals surface area contributed by atoms with E-state index in [9.17, 15) is 0 Å². The molecule has 2 saturated carbocycles. The fraction of sp³-hybridized carbons (Fsp3) is 1.00. The van der Waals surface area contributed by atoms with E-state index in [-0.39, 0.29) is 0 Å². The number of hydrogen-bond acceptors (Lipinski definition) is 1. The van der Waals surface area contributed by atoms with Crippen molar-refractivity contribution in [2.45, 2.75) is 77.7 Å². The van der Waals surface area contributed by atoms with Gasteiger partial charge < -0.3 is 0 Å². The van der Waals surface area contributed by atoms with Gasteiger partial charge in [-0.15, -0.1) is 0 Å². The summed E-state index contributed by atoms with van der Waals surface area (Å²) in [6.45, 7) is 7.72. The Morgan fingerprint density at radius 1 is 0.889 bits per heavy atom. The lowest BCUT2D eigenvalue weighted by molar-refractivity contribution is -0.0730. The van der Waals surface area contributed by atoms with E-state index in [4.69, 9.17) is 0 Å². The third-order valence-electron chi connectivity index (χ3n) is 6.20. The van der Waals surface area contributed by atoms with E-state index < -0.39 is 0 Å². The van der Waals surface area contributed by atoms with E-state index in [1.54, 1.807) is 0 Å². The van der Waals surface area contributed by atoms with Crippen molar-refractivity contribution in [2.75, 3.05) is 13.1 Å². The van der Waals surface area contributed by atoms with Gasteiger partial charge in [-0.05, 0) is 55.8 Å². The molecule has 1 aliphatic heterocycles. The first-order chi connectivity index (χ1) is 8.69. The molecule has 0 aromatic rings. The quantitative estimate of drug-likeness (QED) is 0.698. The minimum atomic E-state index is 0.767. The van der Waals surface area contributed by atoms with Crippen LogP contribution in [0.2, 0.25) is 0 Å². The molecule has 3 rings (SSSR count). The molecule has 1 saturated heterocycles. The van der Waals surface area contributed by atoms with Gasteiger partial charge in [-0.25, -0.2) is 0 Å². The molecule has 3 aliphatic rings. The molecule has 0 aromatic heterocycles. The predicted octanol–water partition coefficient (Wildman–Crippen LogP) is 4.47. The van der Waals surface area contributed by atoms with Crippen molar-refractivity contribution in [1.29, 1.82) is 0 Å². The maximum Gasteiger partial charge on any atom is 0.00957 e. The molecule has 3 fully saturated rings. The summed E-state index contributed by atoms with van der Waals surface area (Å²) in [6.07, 6.45) is 13.5. The number of rotatable bonds is 2. The van der Waals surface area contributed by atoms with Crippen LogP contribution in [0.25, 0.3) is 0 Å². The van der Waals surface area contributed by atoms with Crippen molar-refractivity contribution in [2.24, 2.45) is 17.3 Å². The van der Waals surface area contributed by atoms with Crippen molar-refractivity contribution >= 4 is 0 Å². The van der Waals surface area contributed by atoms with Gasteiger partial charge in [-0.1, -0.05) is 33.1 Å². The second-order valence-corrected chi connectivity index (χ2v) is 7.78. The maximum atomic E-state index is 2.83. The van der Waals surface area contributed by atoms with Crippen LogP contribution in [0.1, 0.15) is 71.6 Å². The Labute approximate surface area is 113 Å². The molecule has 1 heterocycles. The van der Waals surface area contributed by atoms with Gasteiger partial charge in [0, 0.05) is 19.1 Å². The topological polar surface area (TPSA) is 3.24 Å². The van der Waals surface area contributed by atoms with Gasteiger partial charge in [-0.3, -0.25) is 4.90 Å². The highest BCUT2D eigenvalue weighted by Crippen LogP contribution is 2.48. The van der Waals surface area contributed by atoms with Crippen LogP contribution in [0.5, 0.6) is 0 Å². The third-order valence-corrected chi connectivity index (χ3v) is 6.20. The summed E-state index contributed by atoms with van der Waals surface area (Å²) in [5, 5.41) is 0. The molecule has 1 nitrogen and oxygen atoms in total. The maximum absolute atomic E-state index is 2.83. The molecule has 1 spiro atoms. The van der Waals surface area contributed by atoms with Crippen LogP contribution in [-0.2, 0) is 0 Å². The second-order valence-electron chi connectivity index (χ2n) is 7.78. The molecule has 18 heavy (non-hydrogen) atoms. The summed E-state index contributed by atoms with van der Waals surface area (Å²) in [5.74, 6) is 1.94. The molecule has 0 aromatic carbocycles. The Hall–Kier alpha value is -0.0400. The molecule has 0 radical (unpaired) electrons. The lowest BCUT2D eigenvalue weighted by atomic mass is 9.63. The van der Waals surface area contributed by atoms with E-state index in [0.29, 0.717) is 0 Å². The zero-order chi connectivity index (χ0) is 12.6. The van der Waals surface area contributed by atoms with E-state index in [1.165, 1.54) is 70.9 Å². The predicted molar refractivity (Wildman–Crippen MR) is 77.7 cm³/mol. The second kappa shape index (κ2) is 5.15. The Bertz CT molecular complexity index is 261. The average molecular weight is 249 g/mol. The van der Waals surface area contributed by atoms with Gasteiger partial charge in [0.1, 0.15) is 0 Å². The number of hydrogen-bond donors (Lipinski definition) is 0. The van der Waals surface area contributed by atoms with E-state index in [0.717, 1.165) is 23.3 Å². The summed E-state index contributed by atoms with van der Waals surface area (Å²) in [5.41, 5.74) is 0.767. The zero-order valence-electron chi connectivity index (χ0n) is 12.5. The van der Waals surface area contributed by atoms with Gasteiger partial charge in [0.15, 0.2) is 0 Å². The molecule has 2 aliphatic carbocycles. The van der Waals surface area contributed by atoms with Crippen LogP contribution >= 0.6 is 0 Å². The molecule has 0 N–H and O–H groups in total. The first-order valence-corrected chi connectivity index (χ1v) is 8.43. The largest absolute Gasteiger partial charge is 0.299 e. The highest BCUT2D eigenvalue weighted by atomic mass is 15.2. The summed E-state index contributed by atoms with van der Waals surface area (Å²) in [4.78, 5) is 2.83. The molecular weight excluding hydrogens is 218 g/mol. The molecule has 0 bridgehead atoms. The normalized spacial score (nSPS) is 30.8. The van der Waals surface area contributed by atoms with Crippen molar-refractivity contribution in [3.63, 3.8) is 0 Å². The smallest absolute Gasteiger partial charge is 0.00957 e. The van der Waals surface area contributed by atoms with Crippen molar-refractivity contribution in [3.8, 4) is 0 Å². The van der Waals surface area contributed by atoms with Gasteiger partial charge in [0.2, 0.25) is 0 Å². The molecule has 1 heteroatoms. The Kier molecular flexibility index (Phi) is 3.71. The summed E-state index contributed by atoms with van der Waals surface area (Å²) in [6, 6.07) is 0.965. The first-order valence-electron chi connectivity index (χ1n) is 8.43. The third kappa shape index (κ3) is 2.48. The van der Waals surface area contributed by atoms with Crippen LogP contribution < -0.4 is 0 Å². The highest BCUT2D eigenvalue weighted by molar-refractivity contribution is 5.00. The standard InChI is InChI=1S/C17H31N/c1-14(2)15-8-10-17(11-9-15)12-18(13-17)16-6-4-3-5-7-16/h14-16H,3-13H2,1-2H3. The van der Waals surface area contributed by atoms with Gasteiger partial charge in [0.25, 0.3) is 0 Å². The van der Waals surface area contributed by atoms with Gasteiger partial charge in [0.05, 0.1) is 0 Å².